The summed E-state index contributed by atoms with van der Waals surface area (Å²) in [5, 5.41) is 10.6. The molecule has 0 radical (unpaired) electrons. The summed E-state index contributed by atoms with van der Waals surface area (Å²) in [6, 6.07) is 11.3. The first kappa shape index (κ1) is 21.4. The molecule has 0 bridgehead atoms. The van der Waals surface area contributed by atoms with Crippen molar-refractivity contribution in [2.24, 2.45) is 4.99 Å². The Morgan fingerprint density at radius 3 is 2.58 bits per heavy atom. The molecule has 1 aliphatic heterocycles. The topological polar surface area (TPSA) is 82.0 Å². The SMILES string of the molecule is CC[C@@H]1N=C(c2ccc(Cl)cc2)c2c(sc(C#Cc3ccc(N)cn3)c2C)-n2c(C)nnc21. The van der Waals surface area contributed by atoms with Gasteiger partial charge in [0.05, 0.1) is 22.5 Å². The molecule has 0 spiro atoms. The Kier molecular flexibility index (Phi) is 5.49. The van der Waals surface area contributed by atoms with Crippen molar-refractivity contribution in [3.05, 3.63) is 86.5 Å². The van der Waals surface area contributed by atoms with E-state index in [1.807, 2.05) is 37.3 Å². The largest absolute Gasteiger partial charge is 0.397 e. The number of fused-ring (bicyclic) bond motifs is 3. The zero-order valence-electron chi connectivity index (χ0n) is 18.4. The summed E-state index contributed by atoms with van der Waals surface area (Å²) in [5.41, 5.74) is 11.1. The summed E-state index contributed by atoms with van der Waals surface area (Å²) in [6.07, 6.45) is 2.43. The van der Waals surface area contributed by atoms with Gasteiger partial charge in [-0.1, -0.05) is 30.7 Å². The number of nitrogens with two attached hydrogens (primary N) is 1. The Morgan fingerprint density at radius 1 is 1.09 bits per heavy atom. The van der Waals surface area contributed by atoms with Gasteiger partial charge in [0.2, 0.25) is 0 Å². The van der Waals surface area contributed by atoms with Gasteiger partial charge in [0.1, 0.15) is 22.6 Å². The van der Waals surface area contributed by atoms with Crippen molar-refractivity contribution in [2.75, 3.05) is 5.73 Å². The average Bonchev–Trinajstić information content (AvgIpc) is 3.30. The van der Waals surface area contributed by atoms with Crippen molar-refractivity contribution in [1.29, 1.82) is 0 Å². The van der Waals surface area contributed by atoms with Gasteiger partial charge in [0.15, 0.2) is 5.82 Å². The van der Waals surface area contributed by atoms with E-state index in [1.165, 1.54) is 0 Å². The van der Waals surface area contributed by atoms with Gasteiger partial charge in [-0.05, 0) is 61.9 Å². The lowest BCUT2D eigenvalue weighted by molar-refractivity contribution is 0.641. The van der Waals surface area contributed by atoms with Crippen LogP contribution in [0.3, 0.4) is 0 Å². The van der Waals surface area contributed by atoms with Gasteiger partial charge in [0.25, 0.3) is 0 Å². The van der Waals surface area contributed by atoms with E-state index in [-0.39, 0.29) is 6.04 Å². The molecule has 1 aliphatic rings. The summed E-state index contributed by atoms with van der Waals surface area (Å²) < 4.78 is 2.13. The number of aryl methyl sites for hydroxylation is 1. The zero-order chi connectivity index (χ0) is 23.1. The van der Waals surface area contributed by atoms with Gasteiger partial charge < -0.3 is 5.73 Å². The Labute approximate surface area is 201 Å². The van der Waals surface area contributed by atoms with Crippen LogP contribution in [0.15, 0.2) is 47.6 Å². The van der Waals surface area contributed by atoms with Crippen molar-refractivity contribution in [3.63, 3.8) is 0 Å². The molecule has 5 rings (SSSR count). The molecule has 4 heterocycles. The first-order valence-electron chi connectivity index (χ1n) is 10.6. The normalized spacial score (nSPS) is 14.5. The van der Waals surface area contributed by atoms with Crippen molar-refractivity contribution < 1.29 is 0 Å². The highest BCUT2D eigenvalue weighted by molar-refractivity contribution is 7.15. The summed E-state index contributed by atoms with van der Waals surface area (Å²) in [5.74, 6) is 8.15. The summed E-state index contributed by atoms with van der Waals surface area (Å²) in [4.78, 5) is 10.4. The minimum atomic E-state index is -0.0932. The van der Waals surface area contributed by atoms with Crippen LogP contribution >= 0.6 is 22.9 Å². The van der Waals surface area contributed by atoms with E-state index in [9.17, 15) is 0 Å². The monoisotopic (exact) mass is 472 g/mol. The molecule has 3 aromatic heterocycles. The van der Waals surface area contributed by atoms with E-state index in [0.29, 0.717) is 16.4 Å². The molecule has 164 valence electrons. The van der Waals surface area contributed by atoms with Crippen LogP contribution in [0.5, 0.6) is 0 Å². The Balaban J connectivity index is 1.73. The smallest absolute Gasteiger partial charge is 0.163 e. The molecule has 0 fully saturated rings. The standard InChI is InChI=1S/C25H21ClN6S/c1-4-20-24-31-30-15(3)32(24)25-22(23(29-20)16-5-7-17(26)8-6-16)14(2)21(33-25)12-11-19-10-9-18(27)13-28-19/h5-10,13,20H,4,27H2,1-3H3/t20-/m0/s1. The van der Waals surface area contributed by atoms with Crippen LogP contribution in [0, 0.1) is 25.7 Å². The first-order valence-corrected chi connectivity index (χ1v) is 11.8. The maximum Gasteiger partial charge on any atom is 0.163 e. The van der Waals surface area contributed by atoms with Gasteiger partial charge in [-0.3, -0.25) is 9.56 Å². The number of aliphatic imine (C=N–C) groups is 1. The lowest BCUT2D eigenvalue weighted by Crippen LogP contribution is -2.07. The highest BCUT2D eigenvalue weighted by Crippen LogP contribution is 2.39. The van der Waals surface area contributed by atoms with E-state index in [0.717, 1.165) is 50.3 Å². The van der Waals surface area contributed by atoms with Crippen molar-refractivity contribution >= 4 is 34.3 Å². The van der Waals surface area contributed by atoms with E-state index >= 15 is 0 Å². The molecule has 4 aromatic rings. The lowest BCUT2D eigenvalue weighted by atomic mass is 9.99. The minimum absolute atomic E-state index is 0.0932. The van der Waals surface area contributed by atoms with Crippen LogP contribution in [0.1, 0.15) is 58.3 Å². The Hall–Kier alpha value is -3.47. The molecular weight excluding hydrogens is 452 g/mol. The molecule has 1 atom stereocenters. The third kappa shape index (κ3) is 3.82. The molecule has 8 heteroatoms. The molecule has 0 saturated carbocycles. The van der Waals surface area contributed by atoms with Gasteiger partial charge in [-0.25, -0.2) is 4.98 Å². The second-order valence-corrected chi connectivity index (χ2v) is 9.25. The quantitative estimate of drug-likeness (QED) is 0.402. The summed E-state index contributed by atoms with van der Waals surface area (Å²) >= 11 is 7.79. The zero-order valence-corrected chi connectivity index (χ0v) is 20.0. The predicted molar refractivity (Wildman–Crippen MR) is 133 cm³/mol. The van der Waals surface area contributed by atoms with Crippen molar-refractivity contribution in [3.8, 4) is 16.8 Å². The van der Waals surface area contributed by atoms with Gasteiger partial charge >= 0.3 is 0 Å². The Bertz CT molecular complexity index is 1440. The molecule has 0 saturated heterocycles. The summed E-state index contributed by atoms with van der Waals surface area (Å²) in [6.45, 7) is 6.18. The molecule has 0 amide bonds. The number of nitrogen functional groups attached to an aromatic ring is 1. The number of nitrogens with zero attached hydrogens (tertiary/aromatic N) is 5. The summed E-state index contributed by atoms with van der Waals surface area (Å²) in [7, 11) is 0. The molecule has 0 unspecified atom stereocenters. The van der Waals surface area contributed by atoms with Crippen molar-refractivity contribution in [1.82, 2.24) is 19.7 Å². The second-order valence-electron chi connectivity index (χ2n) is 7.81. The van der Waals surface area contributed by atoms with E-state index in [4.69, 9.17) is 22.3 Å². The second kappa shape index (κ2) is 8.47. The molecule has 0 aliphatic carbocycles. The van der Waals surface area contributed by atoms with Crippen LogP contribution in [-0.2, 0) is 0 Å². The molecule has 6 nitrogen and oxygen atoms in total. The van der Waals surface area contributed by atoms with E-state index in [1.54, 1.807) is 23.6 Å². The van der Waals surface area contributed by atoms with Crippen molar-refractivity contribution in [2.45, 2.75) is 33.2 Å². The number of rotatable bonds is 2. The fraction of sp³-hybridized carbons (Fsp3) is 0.200. The third-order valence-corrected chi connectivity index (χ3v) is 7.04. The molecule has 2 N–H and O–H groups in total. The van der Waals surface area contributed by atoms with E-state index < -0.39 is 0 Å². The highest BCUT2D eigenvalue weighted by Gasteiger charge is 2.30. The Morgan fingerprint density at radius 2 is 1.88 bits per heavy atom. The maximum atomic E-state index is 6.17. The van der Waals surface area contributed by atoms with Gasteiger partial charge in [-0.15, -0.1) is 21.5 Å². The number of thiophene rings is 1. The number of anilines is 1. The molecular formula is C25H21ClN6S. The van der Waals surface area contributed by atoms with Crippen LogP contribution < -0.4 is 5.73 Å². The van der Waals surface area contributed by atoms with Crippen LogP contribution in [0.4, 0.5) is 5.69 Å². The number of aromatic nitrogens is 4. The number of benzene rings is 1. The lowest BCUT2D eigenvalue weighted by Gasteiger charge is -2.10. The third-order valence-electron chi connectivity index (χ3n) is 5.60. The fourth-order valence-corrected chi connectivity index (χ4v) is 5.22. The predicted octanol–water partition coefficient (Wildman–Crippen LogP) is 5.28. The van der Waals surface area contributed by atoms with E-state index in [2.05, 4.69) is 45.4 Å². The number of pyridine rings is 1. The fourth-order valence-electron chi connectivity index (χ4n) is 3.88. The van der Waals surface area contributed by atoms with Crippen LogP contribution in [-0.4, -0.2) is 25.5 Å². The number of halogens is 1. The first-order chi connectivity index (χ1) is 16.0. The van der Waals surface area contributed by atoms with Crippen LogP contribution in [0.25, 0.3) is 5.00 Å². The van der Waals surface area contributed by atoms with Gasteiger partial charge in [0, 0.05) is 16.1 Å². The molecule has 1 aromatic carbocycles. The van der Waals surface area contributed by atoms with Gasteiger partial charge in [-0.2, -0.15) is 0 Å². The highest BCUT2D eigenvalue weighted by atomic mass is 35.5. The van der Waals surface area contributed by atoms with Crippen LogP contribution in [0.2, 0.25) is 5.02 Å². The molecule has 33 heavy (non-hydrogen) atoms. The minimum Gasteiger partial charge on any atom is -0.397 e. The average molecular weight is 473 g/mol. The number of hydrogen-bond donors (Lipinski definition) is 1. The number of hydrogen-bond acceptors (Lipinski definition) is 6. The maximum absolute atomic E-state index is 6.17.